The molecule has 1 aliphatic heterocycles. The summed E-state index contributed by atoms with van der Waals surface area (Å²) in [4.78, 5) is 17.4. The third-order valence-electron chi connectivity index (χ3n) is 6.84. The lowest BCUT2D eigenvalue weighted by Gasteiger charge is -2.39. The first-order valence-electron chi connectivity index (χ1n) is 12.6. The Morgan fingerprint density at radius 3 is 1.90 bits per heavy atom. The number of sulfonamides is 1. The Morgan fingerprint density at radius 1 is 0.725 bits per heavy atom. The van der Waals surface area contributed by atoms with E-state index in [-0.39, 0.29) is 38.1 Å². The Balaban J connectivity index is 1.33. The van der Waals surface area contributed by atoms with E-state index in [1.54, 1.807) is 17.0 Å². The Hall–Kier alpha value is -3.07. The van der Waals surface area contributed by atoms with Gasteiger partial charge in [-0.2, -0.15) is 0 Å². The van der Waals surface area contributed by atoms with Crippen LogP contribution in [-0.4, -0.2) is 50.3 Å². The van der Waals surface area contributed by atoms with Gasteiger partial charge in [-0.15, -0.1) is 0 Å². The lowest BCUT2D eigenvalue weighted by atomic mass is 9.96. The zero-order valence-electron chi connectivity index (χ0n) is 21.3. The highest BCUT2D eigenvalue weighted by atomic mass is 35.5. The normalized spacial score (nSPS) is 14.3. The number of benzene rings is 4. The molecule has 0 spiro atoms. The van der Waals surface area contributed by atoms with E-state index in [1.165, 1.54) is 35.4 Å². The van der Waals surface area contributed by atoms with Crippen LogP contribution in [0.5, 0.6) is 0 Å². The van der Waals surface area contributed by atoms with E-state index < -0.39 is 10.0 Å². The second-order valence-electron chi connectivity index (χ2n) is 9.43. The molecule has 0 saturated carbocycles. The van der Waals surface area contributed by atoms with Crippen molar-refractivity contribution in [3.63, 3.8) is 0 Å². The molecule has 5 rings (SSSR count). The van der Waals surface area contributed by atoms with Crippen molar-refractivity contribution in [2.24, 2.45) is 0 Å². The van der Waals surface area contributed by atoms with Gasteiger partial charge in [0.2, 0.25) is 0 Å². The highest BCUT2D eigenvalue weighted by Gasteiger charge is 2.29. The van der Waals surface area contributed by atoms with Gasteiger partial charge in [0.15, 0.2) is 0 Å². The molecule has 1 aliphatic rings. The quantitative estimate of drug-likeness (QED) is 0.244. The van der Waals surface area contributed by atoms with Gasteiger partial charge in [0.25, 0.3) is 15.9 Å². The Labute approximate surface area is 249 Å². The summed E-state index contributed by atoms with van der Waals surface area (Å²) in [6.45, 7) is 2.31. The van der Waals surface area contributed by atoms with Gasteiger partial charge in [-0.1, -0.05) is 95.5 Å². The molecular weight excluding hydrogens is 589 g/mol. The van der Waals surface area contributed by atoms with E-state index in [0.29, 0.717) is 31.2 Å². The van der Waals surface area contributed by atoms with Gasteiger partial charge in [0, 0.05) is 36.8 Å². The molecule has 0 bridgehead atoms. The third kappa shape index (κ3) is 6.29. The van der Waals surface area contributed by atoms with Crippen LogP contribution in [0.25, 0.3) is 0 Å². The van der Waals surface area contributed by atoms with Gasteiger partial charge in [-0.05, 0) is 47.5 Å². The van der Waals surface area contributed by atoms with Crippen LogP contribution in [0.15, 0.2) is 102 Å². The molecule has 40 heavy (non-hydrogen) atoms. The molecule has 10 heteroatoms. The van der Waals surface area contributed by atoms with Crippen LogP contribution in [0.4, 0.5) is 5.69 Å². The summed E-state index contributed by atoms with van der Waals surface area (Å²) < 4.78 is 28.8. The van der Waals surface area contributed by atoms with Crippen LogP contribution in [0.1, 0.15) is 27.5 Å². The van der Waals surface area contributed by atoms with Gasteiger partial charge in [-0.25, -0.2) is 8.42 Å². The number of halogens is 3. The highest BCUT2D eigenvalue weighted by molar-refractivity contribution is 7.92. The van der Waals surface area contributed by atoms with E-state index in [9.17, 15) is 13.2 Å². The summed E-state index contributed by atoms with van der Waals surface area (Å²) >= 11 is 18.4. The van der Waals surface area contributed by atoms with Crippen LogP contribution in [0, 0.1) is 0 Å². The maximum Gasteiger partial charge on any atom is 0.263 e. The number of anilines is 1. The summed E-state index contributed by atoms with van der Waals surface area (Å²) in [6.07, 6.45) is 0. The minimum absolute atomic E-state index is 0.0133. The van der Waals surface area contributed by atoms with Crippen molar-refractivity contribution >= 4 is 56.4 Å². The molecule has 1 fully saturated rings. The molecule has 0 unspecified atom stereocenters. The molecule has 6 nitrogen and oxygen atoms in total. The average Bonchev–Trinajstić information content (AvgIpc) is 2.96. The molecule has 0 atom stereocenters. The molecule has 1 amide bonds. The molecule has 1 heterocycles. The zero-order chi connectivity index (χ0) is 28.3. The van der Waals surface area contributed by atoms with Crippen LogP contribution in [-0.2, 0) is 10.0 Å². The molecule has 206 valence electrons. The average molecular weight is 615 g/mol. The van der Waals surface area contributed by atoms with Crippen LogP contribution in [0.2, 0.25) is 15.1 Å². The monoisotopic (exact) mass is 613 g/mol. The fraction of sp³-hybridized carbons (Fsp3) is 0.167. The van der Waals surface area contributed by atoms with Crippen molar-refractivity contribution in [1.82, 2.24) is 9.80 Å². The lowest BCUT2D eigenvalue weighted by Crippen LogP contribution is -2.49. The van der Waals surface area contributed by atoms with Crippen LogP contribution < -0.4 is 4.72 Å². The van der Waals surface area contributed by atoms with Crippen molar-refractivity contribution in [3.05, 3.63) is 129 Å². The topological polar surface area (TPSA) is 69.7 Å². The van der Waals surface area contributed by atoms with Crippen LogP contribution >= 0.6 is 34.8 Å². The number of carbonyl (C=O) groups excluding carboxylic acids is 1. The van der Waals surface area contributed by atoms with Crippen molar-refractivity contribution in [2.45, 2.75) is 10.9 Å². The summed E-state index contributed by atoms with van der Waals surface area (Å²) in [5, 5.41) is 0.483. The summed E-state index contributed by atoms with van der Waals surface area (Å²) in [5.41, 5.74) is 2.73. The predicted octanol–water partition coefficient (Wildman–Crippen LogP) is 7.00. The summed E-state index contributed by atoms with van der Waals surface area (Å²) in [6, 6.07) is 29.4. The minimum Gasteiger partial charge on any atom is -0.336 e. The fourth-order valence-corrected chi connectivity index (χ4v) is 6.86. The molecule has 4 aromatic rings. The van der Waals surface area contributed by atoms with Crippen LogP contribution in [0.3, 0.4) is 0 Å². The Morgan fingerprint density at radius 2 is 1.30 bits per heavy atom. The van der Waals surface area contributed by atoms with Crippen molar-refractivity contribution < 1.29 is 13.2 Å². The second kappa shape index (κ2) is 12.2. The van der Waals surface area contributed by atoms with E-state index >= 15 is 0 Å². The Kier molecular flexibility index (Phi) is 8.68. The molecule has 4 aromatic carbocycles. The van der Waals surface area contributed by atoms with Crippen molar-refractivity contribution in [1.29, 1.82) is 0 Å². The Bertz CT molecular complexity index is 1570. The van der Waals surface area contributed by atoms with Gasteiger partial charge in [0.05, 0.1) is 21.8 Å². The lowest BCUT2D eigenvalue weighted by molar-refractivity contribution is 0.0597. The standard InChI is InChI=1S/C30H26Cl3N3O3S/c31-24-12-14-25(32)27(20-24)34-40(38,39)28-19-23(11-13-26(28)33)30(37)36-17-15-35(16-18-36)29(21-7-3-1-4-8-21)22-9-5-2-6-10-22/h1-14,19-20,29,34H,15-18H2. The predicted molar refractivity (Wildman–Crippen MR) is 161 cm³/mol. The first-order chi connectivity index (χ1) is 19.2. The molecule has 1 N–H and O–H groups in total. The van der Waals surface area contributed by atoms with E-state index in [4.69, 9.17) is 34.8 Å². The smallest absolute Gasteiger partial charge is 0.263 e. The first-order valence-corrected chi connectivity index (χ1v) is 15.3. The number of hydrogen-bond donors (Lipinski definition) is 1. The number of amides is 1. The third-order valence-corrected chi connectivity index (χ3v) is 9.25. The molecule has 1 saturated heterocycles. The van der Waals surface area contributed by atoms with E-state index in [1.807, 2.05) is 36.4 Å². The van der Waals surface area contributed by atoms with Gasteiger partial charge in [0.1, 0.15) is 4.90 Å². The van der Waals surface area contributed by atoms with Gasteiger partial charge in [-0.3, -0.25) is 14.4 Å². The number of carbonyl (C=O) groups is 1. The second-order valence-corrected chi connectivity index (χ2v) is 12.3. The summed E-state index contributed by atoms with van der Waals surface area (Å²) in [7, 11) is -4.16. The number of nitrogens with one attached hydrogen (secondary N) is 1. The number of rotatable bonds is 7. The molecular formula is C30H26Cl3N3O3S. The highest BCUT2D eigenvalue weighted by Crippen LogP contribution is 2.32. The van der Waals surface area contributed by atoms with E-state index in [0.717, 1.165) is 0 Å². The SMILES string of the molecule is O=C(c1ccc(Cl)c(S(=O)(=O)Nc2cc(Cl)ccc2Cl)c1)N1CCN(C(c2ccccc2)c2ccccc2)CC1. The maximum atomic E-state index is 13.5. The van der Waals surface area contributed by atoms with Gasteiger partial charge < -0.3 is 4.90 Å². The van der Waals surface area contributed by atoms with Gasteiger partial charge >= 0.3 is 0 Å². The number of piperazine rings is 1. The molecule has 0 aromatic heterocycles. The number of hydrogen-bond acceptors (Lipinski definition) is 4. The van der Waals surface area contributed by atoms with E-state index in [2.05, 4.69) is 33.9 Å². The molecule has 0 aliphatic carbocycles. The van der Waals surface area contributed by atoms with Crippen molar-refractivity contribution in [2.75, 3.05) is 30.9 Å². The molecule has 0 radical (unpaired) electrons. The largest absolute Gasteiger partial charge is 0.336 e. The summed E-state index contributed by atoms with van der Waals surface area (Å²) in [5.74, 6) is -0.260. The minimum atomic E-state index is -4.16. The fourth-order valence-electron chi connectivity index (χ4n) is 4.87. The maximum absolute atomic E-state index is 13.5. The van der Waals surface area contributed by atoms with Crippen molar-refractivity contribution in [3.8, 4) is 0 Å². The number of nitrogens with zero attached hydrogens (tertiary/aromatic N) is 2. The zero-order valence-corrected chi connectivity index (χ0v) is 24.4. The first kappa shape index (κ1) is 28.5.